The highest BCUT2D eigenvalue weighted by Gasteiger charge is 2.13. The Morgan fingerprint density at radius 1 is 1.12 bits per heavy atom. The molecule has 7 heteroatoms. The van der Waals surface area contributed by atoms with Crippen LogP contribution in [0.1, 0.15) is 5.56 Å². The maximum absolute atomic E-state index is 14.2. The van der Waals surface area contributed by atoms with Crippen LogP contribution in [0.2, 0.25) is 0 Å². The van der Waals surface area contributed by atoms with Crippen molar-refractivity contribution in [1.82, 2.24) is 14.6 Å². The third-order valence-corrected chi connectivity index (χ3v) is 4.85. The lowest BCUT2D eigenvalue weighted by Gasteiger charge is -2.11. The van der Waals surface area contributed by atoms with Crippen molar-refractivity contribution in [1.29, 1.82) is 0 Å². The molecular formula is C19H14BrFN4S. The molecule has 26 heavy (non-hydrogen) atoms. The normalized spacial score (nSPS) is 11.0. The molecule has 0 atom stereocenters. The summed E-state index contributed by atoms with van der Waals surface area (Å²) in [5.41, 5.74) is 2.72. The van der Waals surface area contributed by atoms with Crippen LogP contribution in [0.15, 0.2) is 70.2 Å². The van der Waals surface area contributed by atoms with Crippen LogP contribution in [0.5, 0.6) is 0 Å². The van der Waals surface area contributed by atoms with E-state index >= 15 is 0 Å². The van der Waals surface area contributed by atoms with Gasteiger partial charge in [-0.2, -0.15) is 9.61 Å². The van der Waals surface area contributed by atoms with E-state index in [1.807, 2.05) is 24.3 Å². The van der Waals surface area contributed by atoms with Gasteiger partial charge in [0.15, 0.2) is 5.65 Å². The minimum Gasteiger partial charge on any atom is -0.366 e. The number of anilines is 1. The third kappa shape index (κ3) is 3.32. The Kier molecular flexibility index (Phi) is 4.65. The molecule has 0 aliphatic rings. The molecule has 2 aromatic carbocycles. The summed E-state index contributed by atoms with van der Waals surface area (Å²) in [5.74, 6) is 0.421. The van der Waals surface area contributed by atoms with E-state index in [9.17, 15) is 4.39 Å². The Morgan fingerprint density at radius 2 is 1.88 bits per heavy atom. The summed E-state index contributed by atoms with van der Waals surface area (Å²) in [5, 5.41) is 7.70. The van der Waals surface area contributed by atoms with Crippen molar-refractivity contribution in [3.8, 4) is 11.3 Å². The molecule has 0 unspecified atom stereocenters. The molecule has 0 saturated heterocycles. The molecular weight excluding hydrogens is 415 g/mol. The smallest absolute Gasteiger partial charge is 0.172 e. The minimum absolute atomic E-state index is 0.310. The van der Waals surface area contributed by atoms with Gasteiger partial charge in [0.1, 0.15) is 11.6 Å². The predicted octanol–water partition coefficient (Wildman–Crippen LogP) is 5.20. The second-order valence-electron chi connectivity index (χ2n) is 5.75. The maximum atomic E-state index is 14.2. The van der Waals surface area contributed by atoms with Gasteiger partial charge in [-0.3, -0.25) is 0 Å². The van der Waals surface area contributed by atoms with Gasteiger partial charge in [0.2, 0.25) is 0 Å². The van der Waals surface area contributed by atoms with Crippen LogP contribution < -0.4 is 5.32 Å². The first-order valence-corrected chi connectivity index (χ1v) is 9.17. The maximum Gasteiger partial charge on any atom is 0.172 e. The molecule has 2 aromatic heterocycles. The largest absolute Gasteiger partial charge is 0.366 e. The second kappa shape index (κ2) is 7.09. The number of benzene rings is 2. The zero-order valence-electron chi connectivity index (χ0n) is 13.5. The number of hydrogen-bond acceptors (Lipinski definition) is 4. The Balaban J connectivity index is 1.75. The molecule has 0 fully saturated rings. The summed E-state index contributed by atoms with van der Waals surface area (Å²) in [4.78, 5) is 5.47. The van der Waals surface area contributed by atoms with Crippen LogP contribution >= 0.6 is 28.6 Å². The van der Waals surface area contributed by atoms with Crippen LogP contribution in [-0.4, -0.2) is 14.6 Å². The first kappa shape index (κ1) is 17.1. The van der Waals surface area contributed by atoms with E-state index in [4.69, 9.17) is 0 Å². The molecule has 0 amide bonds. The quantitative estimate of drug-likeness (QED) is 0.439. The van der Waals surface area contributed by atoms with Gasteiger partial charge in [0.25, 0.3) is 0 Å². The number of nitrogens with zero attached hydrogens (tertiary/aromatic N) is 3. The fourth-order valence-electron chi connectivity index (χ4n) is 2.68. The van der Waals surface area contributed by atoms with Gasteiger partial charge in [-0.1, -0.05) is 24.3 Å². The highest BCUT2D eigenvalue weighted by molar-refractivity contribution is 9.10. The molecule has 0 aliphatic heterocycles. The van der Waals surface area contributed by atoms with Crippen molar-refractivity contribution < 1.29 is 4.39 Å². The minimum atomic E-state index is -0.310. The monoisotopic (exact) mass is 428 g/mol. The SMILES string of the molecule is Fc1ccccc1-c1cc(NCc2ccc(S)cc2)n2ncc(Br)c2n1. The average molecular weight is 429 g/mol. The number of rotatable bonds is 4. The fourth-order valence-corrected chi connectivity index (χ4v) is 3.17. The van der Waals surface area contributed by atoms with E-state index in [-0.39, 0.29) is 5.82 Å². The molecule has 0 aliphatic carbocycles. The van der Waals surface area contributed by atoms with Crippen LogP contribution in [0.4, 0.5) is 10.2 Å². The Labute approximate surface area is 163 Å². The molecule has 0 bridgehead atoms. The van der Waals surface area contributed by atoms with Crippen molar-refractivity contribution in [2.45, 2.75) is 11.4 Å². The summed E-state index contributed by atoms with van der Waals surface area (Å²) < 4.78 is 16.7. The van der Waals surface area contributed by atoms with Crippen LogP contribution in [0.25, 0.3) is 16.9 Å². The van der Waals surface area contributed by atoms with Gasteiger partial charge < -0.3 is 5.32 Å². The standard InChI is InChI=1S/C19H14BrFN4S/c20-15-11-23-25-18(22-10-12-5-7-13(26)8-6-12)9-17(24-19(15)25)14-3-1-2-4-16(14)21/h1-9,11,22,26H,10H2. The lowest BCUT2D eigenvalue weighted by atomic mass is 10.1. The number of thiol groups is 1. The summed E-state index contributed by atoms with van der Waals surface area (Å²) in [6.45, 7) is 0.599. The highest BCUT2D eigenvalue weighted by atomic mass is 79.9. The average Bonchev–Trinajstić information content (AvgIpc) is 3.02. The van der Waals surface area contributed by atoms with E-state index in [0.717, 1.165) is 20.7 Å². The second-order valence-corrected chi connectivity index (χ2v) is 7.13. The summed E-state index contributed by atoms with van der Waals surface area (Å²) in [7, 11) is 0. The molecule has 1 N–H and O–H groups in total. The van der Waals surface area contributed by atoms with E-state index in [0.29, 0.717) is 23.4 Å². The predicted molar refractivity (Wildman–Crippen MR) is 107 cm³/mol. The summed E-state index contributed by atoms with van der Waals surface area (Å²) in [6, 6.07) is 16.3. The molecule has 2 heterocycles. The van der Waals surface area contributed by atoms with Gasteiger partial charge in [-0.15, -0.1) is 12.6 Å². The first-order chi connectivity index (χ1) is 12.6. The van der Waals surface area contributed by atoms with Crippen molar-refractivity contribution >= 4 is 40.0 Å². The third-order valence-electron chi connectivity index (χ3n) is 3.99. The fraction of sp³-hybridized carbons (Fsp3) is 0.0526. The molecule has 4 nitrogen and oxygen atoms in total. The number of halogens is 2. The zero-order chi connectivity index (χ0) is 18.1. The molecule has 4 rings (SSSR count). The van der Waals surface area contributed by atoms with Crippen LogP contribution in [0.3, 0.4) is 0 Å². The Bertz CT molecular complexity index is 1080. The van der Waals surface area contributed by atoms with Crippen molar-refractivity contribution in [2.75, 3.05) is 5.32 Å². The topological polar surface area (TPSA) is 42.2 Å². The molecule has 130 valence electrons. The molecule has 4 aromatic rings. The van der Waals surface area contributed by atoms with E-state index in [1.54, 1.807) is 35.0 Å². The van der Waals surface area contributed by atoms with Crippen molar-refractivity contribution in [3.05, 3.63) is 76.6 Å². The summed E-state index contributed by atoms with van der Waals surface area (Å²) in [6.07, 6.45) is 1.67. The lowest BCUT2D eigenvalue weighted by molar-refractivity contribution is 0.630. The van der Waals surface area contributed by atoms with Crippen LogP contribution in [-0.2, 0) is 6.54 Å². The molecule has 0 saturated carbocycles. The summed E-state index contributed by atoms with van der Waals surface area (Å²) >= 11 is 7.76. The van der Waals surface area contributed by atoms with Gasteiger partial charge in [-0.25, -0.2) is 9.37 Å². The van der Waals surface area contributed by atoms with Crippen molar-refractivity contribution in [3.63, 3.8) is 0 Å². The zero-order valence-corrected chi connectivity index (χ0v) is 16.0. The number of fused-ring (bicyclic) bond motifs is 1. The van der Waals surface area contributed by atoms with Crippen LogP contribution in [0, 0.1) is 5.82 Å². The van der Waals surface area contributed by atoms with E-state index in [1.165, 1.54) is 6.07 Å². The molecule has 0 radical (unpaired) electrons. The number of nitrogens with one attached hydrogen (secondary N) is 1. The van der Waals surface area contributed by atoms with Gasteiger partial charge >= 0.3 is 0 Å². The highest BCUT2D eigenvalue weighted by Crippen LogP contribution is 2.27. The van der Waals surface area contributed by atoms with Gasteiger partial charge in [0, 0.05) is 23.1 Å². The van der Waals surface area contributed by atoms with Crippen molar-refractivity contribution in [2.24, 2.45) is 0 Å². The van der Waals surface area contributed by atoms with E-state index in [2.05, 4.69) is 44.0 Å². The van der Waals surface area contributed by atoms with Gasteiger partial charge in [0.05, 0.1) is 16.4 Å². The Morgan fingerprint density at radius 3 is 2.65 bits per heavy atom. The molecule has 0 spiro atoms. The Hall–Kier alpha value is -2.38. The first-order valence-electron chi connectivity index (χ1n) is 7.93. The van der Waals surface area contributed by atoms with Gasteiger partial charge in [-0.05, 0) is 45.8 Å². The van der Waals surface area contributed by atoms with E-state index < -0.39 is 0 Å². The number of aromatic nitrogens is 3. The number of hydrogen-bond donors (Lipinski definition) is 2. The lowest BCUT2D eigenvalue weighted by Crippen LogP contribution is -2.07.